The van der Waals surface area contributed by atoms with Gasteiger partial charge in [0.2, 0.25) is 11.8 Å². The zero-order valence-corrected chi connectivity index (χ0v) is 17.8. The van der Waals surface area contributed by atoms with Crippen LogP contribution in [-0.2, 0) is 0 Å². The first-order valence-electron chi connectivity index (χ1n) is 9.95. The SMILES string of the molecule is COc1cc2cc(-c3c(Cl)nc(NCC(F)(F)F)nc3N[C@H]3CC[C@@H](CO)C3)oc2cn1. The van der Waals surface area contributed by atoms with Gasteiger partial charge in [-0.05, 0) is 31.2 Å². The molecule has 3 heterocycles. The van der Waals surface area contributed by atoms with Gasteiger partial charge in [0.15, 0.2) is 5.58 Å². The molecule has 0 aromatic carbocycles. The zero-order valence-electron chi connectivity index (χ0n) is 17.0. The van der Waals surface area contributed by atoms with Gasteiger partial charge in [-0.15, -0.1) is 0 Å². The van der Waals surface area contributed by atoms with Gasteiger partial charge in [0.05, 0.1) is 18.9 Å². The van der Waals surface area contributed by atoms with Crippen molar-refractivity contribution in [2.75, 3.05) is 30.9 Å². The van der Waals surface area contributed by atoms with Crippen LogP contribution in [0.5, 0.6) is 5.88 Å². The van der Waals surface area contributed by atoms with Crippen molar-refractivity contribution in [1.82, 2.24) is 15.0 Å². The van der Waals surface area contributed by atoms with Crippen LogP contribution in [-0.4, -0.2) is 52.5 Å². The Morgan fingerprint density at radius 1 is 1.28 bits per heavy atom. The molecule has 0 unspecified atom stereocenters. The summed E-state index contributed by atoms with van der Waals surface area (Å²) in [6, 6.07) is 3.37. The third-order valence-electron chi connectivity index (χ3n) is 5.29. The van der Waals surface area contributed by atoms with Crippen molar-refractivity contribution in [3.05, 3.63) is 23.5 Å². The normalized spacial score (nSPS) is 18.8. The Morgan fingerprint density at radius 3 is 2.78 bits per heavy atom. The standard InChI is InChI=1S/C20H21ClF3N5O3/c1-31-15-6-11-5-13(32-14(11)7-25-15)16-17(21)28-19(26-9-20(22,23)24)29-18(16)27-12-3-2-10(4-12)8-30/h5-7,10,12,30H,2-4,8-9H2,1H3,(H2,26,27,28,29)/t10-,12+/m1/s1. The van der Waals surface area contributed by atoms with E-state index < -0.39 is 12.7 Å². The number of halogens is 4. The predicted octanol–water partition coefficient (Wildman–Crippen LogP) is 4.49. The lowest BCUT2D eigenvalue weighted by atomic mass is 10.1. The number of pyridine rings is 1. The van der Waals surface area contributed by atoms with E-state index in [1.165, 1.54) is 13.3 Å². The number of alkyl halides is 3. The molecule has 0 radical (unpaired) electrons. The van der Waals surface area contributed by atoms with E-state index in [2.05, 4.69) is 25.6 Å². The minimum absolute atomic E-state index is 0.0292. The summed E-state index contributed by atoms with van der Waals surface area (Å²) in [7, 11) is 1.50. The number of anilines is 2. The van der Waals surface area contributed by atoms with Gasteiger partial charge in [-0.25, -0.2) is 9.97 Å². The van der Waals surface area contributed by atoms with Gasteiger partial charge in [-0.2, -0.15) is 18.2 Å². The number of aliphatic hydroxyl groups is 1. The average molecular weight is 472 g/mol. The van der Waals surface area contributed by atoms with E-state index in [0.717, 1.165) is 12.8 Å². The molecule has 0 saturated heterocycles. The number of aromatic nitrogens is 3. The van der Waals surface area contributed by atoms with E-state index in [0.29, 0.717) is 34.6 Å². The molecular formula is C20H21ClF3N5O3. The zero-order chi connectivity index (χ0) is 22.9. The Labute approximate surface area is 186 Å². The van der Waals surface area contributed by atoms with E-state index in [1.807, 2.05) is 0 Å². The second kappa shape index (κ2) is 8.99. The van der Waals surface area contributed by atoms with Gasteiger partial charge >= 0.3 is 6.18 Å². The lowest BCUT2D eigenvalue weighted by Gasteiger charge is -2.18. The van der Waals surface area contributed by atoms with Crippen LogP contribution in [0.25, 0.3) is 22.3 Å². The molecule has 12 heteroatoms. The Hall–Kier alpha value is -2.79. The van der Waals surface area contributed by atoms with Gasteiger partial charge < -0.3 is 24.9 Å². The maximum absolute atomic E-state index is 12.7. The molecular weight excluding hydrogens is 451 g/mol. The first kappa shape index (κ1) is 22.4. The van der Waals surface area contributed by atoms with Crippen molar-refractivity contribution in [2.24, 2.45) is 5.92 Å². The Morgan fingerprint density at radius 2 is 2.09 bits per heavy atom. The summed E-state index contributed by atoms with van der Waals surface area (Å²) in [4.78, 5) is 12.3. The van der Waals surface area contributed by atoms with Crippen molar-refractivity contribution in [2.45, 2.75) is 31.5 Å². The number of hydrogen-bond donors (Lipinski definition) is 3. The minimum Gasteiger partial charge on any atom is -0.481 e. The quantitative estimate of drug-likeness (QED) is 0.433. The highest BCUT2D eigenvalue weighted by Crippen LogP contribution is 2.39. The molecule has 0 aliphatic heterocycles. The Balaban J connectivity index is 1.72. The topological polar surface area (TPSA) is 105 Å². The number of rotatable bonds is 7. The third-order valence-corrected chi connectivity index (χ3v) is 5.56. The summed E-state index contributed by atoms with van der Waals surface area (Å²) in [6.45, 7) is -1.22. The minimum atomic E-state index is -4.44. The van der Waals surface area contributed by atoms with E-state index in [-0.39, 0.29) is 35.5 Å². The molecule has 172 valence electrons. The maximum Gasteiger partial charge on any atom is 0.405 e. The third kappa shape index (κ3) is 4.99. The number of hydrogen-bond acceptors (Lipinski definition) is 8. The summed E-state index contributed by atoms with van der Waals surface area (Å²) in [6.07, 6.45) is -0.630. The Bertz CT molecular complexity index is 1110. The number of methoxy groups -OCH3 is 1. The van der Waals surface area contributed by atoms with E-state index in [1.54, 1.807) is 12.1 Å². The molecule has 8 nitrogen and oxygen atoms in total. The number of fused-ring (bicyclic) bond motifs is 1. The van der Waals surface area contributed by atoms with Crippen LogP contribution in [0.2, 0.25) is 5.15 Å². The van der Waals surface area contributed by atoms with Crippen molar-refractivity contribution >= 4 is 34.3 Å². The van der Waals surface area contributed by atoms with Crippen LogP contribution in [0.3, 0.4) is 0 Å². The number of furan rings is 1. The van der Waals surface area contributed by atoms with Crippen LogP contribution < -0.4 is 15.4 Å². The van der Waals surface area contributed by atoms with Gasteiger partial charge in [-0.3, -0.25) is 0 Å². The summed E-state index contributed by atoms with van der Waals surface area (Å²) >= 11 is 6.39. The maximum atomic E-state index is 12.7. The fraction of sp³-hybridized carbons (Fsp3) is 0.450. The molecule has 0 bridgehead atoms. The number of aliphatic hydroxyl groups excluding tert-OH is 1. The first-order valence-corrected chi connectivity index (χ1v) is 10.3. The fourth-order valence-corrected chi connectivity index (χ4v) is 4.00. The van der Waals surface area contributed by atoms with Gasteiger partial charge in [-0.1, -0.05) is 11.6 Å². The lowest BCUT2D eigenvalue weighted by Crippen LogP contribution is -2.23. The molecule has 0 amide bonds. The van der Waals surface area contributed by atoms with Gasteiger partial charge in [0.25, 0.3) is 0 Å². The van der Waals surface area contributed by atoms with Crippen LogP contribution in [0.15, 0.2) is 22.7 Å². The van der Waals surface area contributed by atoms with E-state index in [4.69, 9.17) is 20.8 Å². The highest BCUT2D eigenvalue weighted by molar-refractivity contribution is 6.32. The van der Waals surface area contributed by atoms with Crippen LogP contribution >= 0.6 is 11.6 Å². The molecule has 3 aromatic rings. The smallest absolute Gasteiger partial charge is 0.405 e. The number of nitrogens with one attached hydrogen (secondary N) is 2. The second-order valence-corrected chi connectivity index (χ2v) is 7.97. The number of ether oxygens (including phenoxy) is 1. The monoisotopic (exact) mass is 471 g/mol. The molecule has 32 heavy (non-hydrogen) atoms. The van der Waals surface area contributed by atoms with E-state index >= 15 is 0 Å². The molecule has 1 saturated carbocycles. The van der Waals surface area contributed by atoms with Crippen molar-refractivity contribution in [3.63, 3.8) is 0 Å². The van der Waals surface area contributed by atoms with Crippen molar-refractivity contribution in [3.8, 4) is 17.2 Å². The largest absolute Gasteiger partial charge is 0.481 e. The summed E-state index contributed by atoms with van der Waals surface area (Å²) in [5, 5.41) is 15.5. The lowest BCUT2D eigenvalue weighted by molar-refractivity contribution is -0.115. The molecule has 1 fully saturated rings. The fourth-order valence-electron chi connectivity index (χ4n) is 3.74. The highest BCUT2D eigenvalue weighted by atomic mass is 35.5. The van der Waals surface area contributed by atoms with Crippen molar-refractivity contribution < 1.29 is 27.4 Å². The predicted molar refractivity (Wildman–Crippen MR) is 113 cm³/mol. The Kier molecular flexibility index (Phi) is 6.29. The molecule has 1 aliphatic rings. The number of nitrogens with zero attached hydrogens (tertiary/aromatic N) is 3. The van der Waals surface area contributed by atoms with Crippen LogP contribution in [0.4, 0.5) is 24.9 Å². The average Bonchev–Trinajstić information content (AvgIpc) is 3.37. The van der Waals surface area contributed by atoms with Crippen LogP contribution in [0, 0.1) is 5.92 Å². The summed E-state index contributed by atoms with van der Waals surface area (Å²) < 4.78 is 49.0. The first-order chi connectivity index (χ1) is 15.3. The summed E-state index contributed by atoms with van der Waals surface area (Å²) in [5.74, 6) is 0.882. The molecule has 1 aliphatic carbocycles. The molecule has 3 N–H and O–H groups in total. The van der Waals surface area contributed by atoms with E-state index in [9.17, 15) is 18.3 Å². The second-order valence-electron chi connectivity index (χ2n) is 7.61. The molecule has 0 spiro atoms. The molecule has 4 rings (SSSR count). The summed E-state index contributed by atoms with van der Waals surface area (Å²) in [5.41, 5.74) is 0.801. The van der Waals surface area contributed by atoms with Gasteiger partial charge in [0.1, 0.15) is 23.3 Å². The van der Waals surface area contributed by atoms with Gasteiger partial charge in [0, 0.05) is 24.1 Å². The van der Waals surface area contributed by atoms with Crippen molar-refractivity contribution in [1.29, 1.82) is 0 Å². The highest BCUT2D eigenvalue weighted by Gasteiger charge is 2.29. The molecule has 2 atom stereocenters. The molecule has 3 aromatic heterocycles. The van der Waals surface area contributed by atoms with Crippen LogP contribution in [0.1, 0.15) is 19.3 Å².